The van der Waals surface area contributed by atoms with Crippen LogP contribution in [0.15, 0.2) is 56.6 Å². The monoisotopic (exact) mass is 514 g/mol. The van der Waals surface area contributed by atoms with Crippen molar-refractivity contribution in [1.29, 1.82) is 0 Å². The smallest absolute Gasteiger partial charge is 0.277 e. The zero-order valence-corrected chi connectivity index (χ0v) is 21.3. The first-order valence-corrected chi connectivity index (χ1v) is 12.6. The van der Waals surface area contributed by atoms with E-state index in [1.165, 1.54) is 29.9 Å². The fourth-order valence-electron chi connectivity index (χ4n) is 2.82. The molecule has 3 heterocycles. The third-order valence-corrected chi connectivity index (χ3v) is 6.85. The lowest BCUT2D eigenvalue weighted by Crippen LogP contribution is -2.15. The van der Waals surface area contributed by atoms with Crippen molar-refractivity contribution in [1.82, 2.24) is 29.5 Å². The van der Waals surface area contributed by atoms with Gasteiger partial charge in [-0.15, -0.1) is 5.10 Å². The molecular weight excluding hydrogens is 492 g/mol. The van der Waals surface area contributed by atoms with Gasteiger partial charge in [-0.3, -0.25) is 15.2 Å². The maximum atomic E-state index is 13.2. The van der Waals surface area contributed by atoms with Gasteiger partial charge in [0.05, 0.1) is 11.5 Å². The fourth-order valence-corrected chi connectivity index (χ4v) is 4.95. The summed E-state index contributed by atoms with van der Waals surface area (Å²) < 4.78 is 9.82. The third-order valence-electron chi connectivity index (χ3n) is 4.37. The Morgan fingerprint density at radius 2 is 2.00 bits per heavy atom. The summed E-state index contributed by atoms with van der Waals surface area (Å²) in [6, 6.07) is 9.68. The Kier molecular flexibility index (Phi) is 7.65. The Balaban J connectivity index is 1.68. The van der Waals surface area contributed by atoms with Crippen molar-refractivity contribution in [2.45, 2.75) is 33.8 Å². The predicted octanol–water partition coefficient (Wildman–Crippen LogP) is 4.38. The number of carbonyl (C=O) groups is 1. The number of hydrogen-bond acceptors (Lipinski definition) is 11. The van der Waals surface area contributed by atoms with Crippen molar-refractivity contribution in [3.63, 3.8) is 0 Å². The lowest BCUT2D eigenvalue weighted by atomic mass is 10.3. The average Bonchev–Trinajstić information content (AvgIpc) is 3.47. The molecule has 0 saturated carbocycles. The molecule has 0 unspecified atom stereocenters. The third kappa shape index (κ3) is 5.85. The van der Waals surface area contributed by atoms with Crippen LogP contribution in [0.25, 0.3) is 0 Å². The van der Waals surface area contributed by atoms with E-state index < -0.39 is 0 Å². The van der Waals surface area contributed by atoms with Crippen molar-refractivity contribution >= 4 is 51.8 Å². The first-order chi connectivity index (χ1) is 16.4. The van der Waals surface area contributed by atoms with E-state index in [4.69, 9.17) is 4.74 Å². The second-order valence-electron chi connectivity index (χ2n) is 7.06. The number of hydrogen-bond donors (Lipinski definition) is 2. The number of ether oxygens (including phenoxy) is 1. The zero-order chi connectivity index (χ0) is 24.1. The summed E-state index contributed by atoms with van der Waals surface area (Å²) in [5.41, 5.74) is 1.28. The van der Waals surface area contributed by atoms with Gasteiger partial charge in [0.15, 0.2) is 0 Å². The molecule has 0 aliphatic heterocycles. The second-order valence-corrected chi connectivity index (χ2v) is 9.91. The highest BCUT2D eigenvalue weighted by atomic mass is 32.2. The number of aryl methyl sites for hydroxylation is 1. The van der Waals surface area contributed by atoms with E-state index in [0.29, 0.717) is 32.6 Å². The van der Waals surface area contributed by atoms with Crippen LogP contribution in [0, 0.1) is 6.92 Å². The molecule has 1 aromatic carbocycles. The average molecular weight is 515 g/mol. The van der Waals surface area contributed by atoms with E-state index in [1.54, 1.807) is 0 Å². The summed E-state index contributed by atoms with van der Waals surface area (Å²) in [6.45, 7) is 4.29. The number of aromatic amines is 1. The van der Waals surface area contributed by atoms with Crippen LogP contribution in [0.4, 0.5) is 10.8 Å². The number of pyridine rings is 1. The van der Waals surface area contributed by atoms with Gasteiger partial charge in [-0.25, -0.2) is 15.0 Å². The van der Waals surface area contributed by atoms with Crippen molar-refractivity contribution in [3.8, 4) is 5.75 Å². The van der Waals surface area contributed by atoms with E-state index >= 15 is 0 Å². The Labute approximate surface area is 209 Å². The minimum Gasteiger partial charge on any atom is -0.493 e. The number of nitrogens with one attached hydrogen (secondary N) is 2. The van der Waals surface area contributed by atoms with Gasteiger partial charge in [0.2, 0.25) is 10.3 Å². The van der Waals surface area contributed by atoms with Gasteiger partial charge >= 0.3 is 0 Å². The van der Waals surface area contributed by atoms with Crippen LogP contribution >= 0.6 is 35.1 Å². The molecule has 4 rings (SSSR count). The van der Waals surface area contributed by atoms with Crippen molar-refractivity contribution < 1.29 is 9.53 Å². The highest BCUT2D eigenvalue weighted by Gasteiger charge is 2.20. The number of rotatable bonds is 9. The predicted molar refractivity (Wildman–Crippen MR) is 133 cm³/mol. The van der Waals surface area contributed by atoms with Gasteiger partial charge in [-0.05, 0) is 49.9 Å². The fraction of sp³-hybridized carbons (Fsp3) is 0.238. The molecule has 34 heavy (non-hydrogen) atoms. The summed E-state index contributed by atoms with van der Waals surface area (Å²) in [6.07, 6.45) is 1.39. The number of carbonyl (C=O) groups excluding carboxylic acids is 1. The number of amides is 1. The topological polar surface area (TPSA) is 122 Å². The molecule has 0 bridgehead atoms. The van der Waals surface area contributed by atoms with Gasteiger partial charge in [-0.2, -0.15) is 4.37 Å². The molecule has 0 aliphatic carbocycles. The van der Waals surface area contributed by atoms with Crippen molar-refractivity contribution in [2.24, 2.45) is 0 Å². The maximum absolute atomic E-state index is 13.2. The lowest BCUT2D eigenvalue weighted by molar-refractivity contribution is 0.101. The molecule has 0 fully saturated rings. The van der Waals surface area contributed by atoms with Crippen LogP contribution in [0.2, 0.25) is 0 Å². The number of H-pyrrole nitrogens is 1. The molecular formula is C21H22N8O2S3. The summed E-state index contributed by atoms with van der Waals surface area (Å²) in [5, 5.41) is 11.2. The molecule has 13 heteroatoms. The zero-order valence-electron chi connectivity index (χ0n) is 18.9. The molecule has 0 aliphatic rings. The molecule has 2 N–H and O–H groups in total. The molecule has 1 amide bonds. The molecule has 176 valence electrons. The number of anilines is 2. The van der Waals surface area contributed by atoms with E-state index in [-0.39, 0.29) is 11.6 Å². The maximum Gasteiger partial charge on any atom is 0.277 e. The second kappa shape index (κ2) is 10.8. The summed E-state index contributed by atoms with van der Waals surface area (Å²) in [5.74, 6) is 1.06. The van der Waals surface area contributed by atoms with Crippen LogP contribution in [0.5, 0.6) is 5.75 Å². The van der Waals surface area contributed by atoms with E-state index in [1.807, 2.05) is 63.2 Å². The molecule has 10 nitrogen and oxygen atoms in total. The standard InChI is InChI=1S/C21H22N8O2S3/c1-5-31-14-10-13(29(3)4)6-7-15(14)32-16-8-9-17(33-21-24-12(2)27-28-21)25-18(16)19(30)26-20-22-11-23-34-20/h6-11H,5H2,1-4H3,(H,24,27,28)(H,22,23,26,30). The van der Waals surface area contributed by atoms with E-state index in [0.717, 1.165) is 27.9 Å². The van der Waals surface area contributed by atoms with Crippen LogP contribution in [0.1, 0.15) is 23.2 Å². The Morgan fingerprint density at radius 1 is 1.18 bits per heavy atom. The molecule has 0 radical (unpaired) electrons. The van der Waals surface area contributed by atoms with E-state index in [9.17, 15) is 4.79 Å². The van der Waals surface area contributed by atoms with E-state index in [2.05, 4.69) is 34.8 Å². The molecule has 0 saturated heterocycles. The largest absolute Gasteiger partial charge is 0.493 e. The van der Waals surface area contributed by atoms with Gasteiger partial charge < -0.3 is 9.64 Å². The first kappa shape index (κ1) is 24.0. The quantitative estimate of drug-likeness (QED) is 0.333. The minimum atomic E-state index is -0.379. The summed E-state index contributed by atoms with van der Waals surface area (Å²) >= 11 is 3.78. The van der Waals surface area contributed by atoms with Crippen LogP contribution in [0.3, 0.4) is 0 Å². The lowest BCUT2D eigenvalue weighted by Gasteiger charge is -2.17. The SMILES string of the molecule is CCOc1cc(N(C)C)ccc1Sc1ccc(Sc2n[nH]c(C)n2)nc1C(=O)Nc1ncns1. The Hall–Kier alpha value is -3.16. The molecule has 3 aromatic heterocycles. The van der Waals surface area contributed by atoms with Crippen LogP contribution in [-0.4, -0.2) is 56.1 Å². The highest BCUT2D eigenvalue weighted by Crippen LogP contribution is 2.39. The van der Waals surface area contributed by atoms with Gasteiger partial charge in [-0.1, -0.05) is 11.8 Å². The number of benzene rings is 1. The Bertz CT molecular complexity index is 1280. The first-order valence-electron chi connectivity index (χ1n) is 10.2. The normalized spacial score (nSPS) is 10.8. The summed E-state index contributed by atoms with van der Waals surface area (Å²) in [7, 11) is 3.95. The number of nitrogens with zero attached hydrogens (tertiary/aromatic N) is 6. The van der Waals surface area contributed by atoms with Crippen LogP contribution < -0.4 is 15.0 Å². The van der Waals surface area contributed by atoms with Gasteiger partial charge in [0.1, 0.15) is 28.6 Å². The molecule has 4 aromatic rings. The summed E-state index contributed by atoms with van der Waals surface area (Å²) in [4.78, 5) is 29.7. The van der Waals surface area contributed by atoms with Gasteiger partial charge in [0.25, 0.3) is 5.91 Å². The molecule has 0 atom stereocenters. The van der Waals surface area contributed by atoms with Crippen LogP contribution in [-0.2, 0) is 0 Å². The number of aromatic nitrogens is 6. The molecule has 0 spiro atoms. The highest BCUT2D eigenvalue weighted by molar-refractivity contribution is 7.99. The minimum absolute atomic E-state index is 0.261. The Morgan fingerprint density at radius 3 is 2.68 bits per heavy atom. The van der Waals surface area contributed by atoms with Crippen molar-refractivity contribution in [3.05, 3.63) is 48.2 Å². The van der Waals surface area contributed by atoms with Crippen molar-refractivity contribution in [2.75, 3.05) is 30.9 Å². The van der Waals surface area contributed by atoms with Gasteiger partial charge in [0, 0.05) is 42.3 Å².